The Labute approximate surface area is 145 Å². The van der Waals surface area contributed by atoms with E-state index >= 15 is 0 Å². The lowest BCUT2D eigenvalue weighted by Crippen LogP contribution is -1.90. The van der Waals surface area contributed by atoms with Crippen LogP contribution in [0.15, 0.2) is 52.8 Å². The molecule has 0 radical (unpaired) electrons. The highest BCUT2D eigenvalue weighted by molar-refractivity contribution is 5.94. The van der Waals surface area contributed by atoms with Crippen molar-refractivity contribution in [1.82, 2.24) is 9.38 Å². The highest BCUT2D eigenvalue weighted by atomic mass is 16.3. The van der Waals surface area contributed by atoms with Gasteiger partial charge in [0.15, 0.2) is 11.6 Å². The lowest BCUT2D eigenvalue weighted by Gasteiger charge is -2.02. The number of Topliss-reactive ketones (excluding diaryl/α,β-unsaturated/α-hetero) is 1. The van der Waals surface area contributed by atoms with E-state index in [1.807, 2.05) is 36.6 Å². The maximum absolute atomic E-state index is 11.5. The second kappa shape index (κ2) is 6.94. The van der Waals surface area contributed by atoms with Gasteiger partial charge in [-0.3, -0.25) is 9.20 Å². The third-order valence-corrected chi connectivity index (χ3v) is 3.93. The molecule has 0 unspecified atom stereocenters. The molecule has 3 rings (SSSR count). The Morgan fingerprint density at radius 1 is 1.24 bits per heavy atom. The Kier molecular flexibility index (Phi) is 4.72. The lowest BCUT2D eigenvalue weighted by molar-refractivity contribution is 0.101. The van der Waals surface area contributed by atoms with Crippen molar-refractivity contribution < 1.29 is 9.90 Å². The molecule has 2 aromatic heterocycles. The monoisotopic (exact) mass is 336 g/mol. The average Bonchev–Trinajstić information content (AvgIpc) is 2.98. The summed E-state index contributed by atoms with van der Waals surface area (Å²) in [6, 6.07) is 10.7. The summed E-state index contributed by atoms with van der Waals surface area (Å²) in [5.41, 5.74) is 3.57. The van der Waals surface area contributed by atoms with E-state index in [-0.39, 0.29) is 18.3 Å². The first-order chi connectivity index (χ1) is 12.0. The summed E-state index contributed by atoms with van der Waals surface area (Å²) < 4.78 is 1.85. The van der Waals surface area contributed by atoms with Gasteiger partial charge in [-0.05, 0) is 42.7 Å². The van der Waals surface area contributed by atoms with Crippen molar-refractivity contribution in [2.24, 2.45) is 10.2 Å². The van der Waals surface area contributed by atoms with Crippen LogP contribution in [-0.2, 0) is 6.61 Å². The number of hydrogen-bond acceptors (Lipinski definition) is 5. The maximum Gasteiger partial charge on any atom is 0.183 e. The van der Waals surface area contributed by atoms with Crippen molar-refractivity contribution in [3.8, 4) is 0 Å². The molecule has 0 aliphatic carbocycles. The van der Waals surface area contributed by atoms with Crippen LogP contribution in [0.25, 0.3) is 5.65 Å². The van der Waals surface area contributed by atoms with Crippen LogP contribution in [0.4, 0.5) is 11.5 Å². The molecular formula is C19H20N4O2. The zero-order chi connectivity index (χ0) is 18.0. The molecule has 6 nitrogen and oxygen atoms in total. The SMILES string of the molecule is CC(=O)c1cccc(N=Nc2c(C(C)C)nc3cc(CO)ccn23)c1. The largest absolute Gasteiger partial charge is 0.392 e. The molecule has 0 fully saturated rings. The summed E-state index contributed by atoms with van der Waals surface area (Å²) in [6.07, 6.45) is 1.83. The molecule has 0 saturated carbocycles. The van der Waals surface area contributed by atoms with Gasteiger partial charge in [0, 0.05) is 11.8 Å². The molecule has 3 aromatic rings. The van der Waals surface area contributed by atoms with Crippen molar-refractivity contribution in [2.45, 2.75) is 33.3 Å². The highest BCUT2D eigenvalue weighted by Crippen LogP contribution is 2.30. The summed E-state index contributed by atoms with van der Waals surface area (Å²) in [7, 11) is 0. The Morgan fingerprint density at radius 3 is 2.72 bits per heavy atom. The number of carbonyl (C=O) groups excluding carboxylic acids is 1. The van der Waals surface area contributed by atoms with Gasteiger partial charge in [0.05, 0.1) is 18.0 Å². The standard InChI is InChI=1S/C19H20N4O2/c1-12(2)18-19(23-8-7-14(11-24)9-17(23)20-18)22-21-16-6-4-5-15(10-16)13(3)25/h4-10,12,24H,11H2,1-3H3. The Balaban J connectivity index is 2.06. The number of imidazole rings is 1. The molecule has 0 atom stereocenters. The molecule has 0 saturated heterocycles. The summed E-state index contributed by atoms with van der Waals surface area (Å²) in [5, 5.41) is 18.0. The van der Waals surface area contributed by atoms with Crippen molar-refractivity contribution in [2.75, 3.05) is 0 Å². The predicted octanol–water partition coefficient (Wildman–Crippen LogP) is 4.57. The number of nitrogens with zero attached hydrogens (tertiary/aromatic N) is 4. The van der Waals surface area contributed by atoms with E-state index in [1.54, 1.807) is 24.3 Å². The van der Waals surface area contributed by atoms with E-state index < -0.39 is 0 Å². The van der Waals surface area contributed by atoms with E-state index in [0.29, 0.717) is 17.1 Å². The van der Waals surface area contributed by atoms with Crippen molar-refractivity contribution in [1.29, 1.82) is 0 Å². The number of aliphatic hydroxyl groups excluding tert-OH is 1. The average molecular weight is 336 g/mol. The van der Waals surface area contributed by atoms with E-state index in [2.05, 4.69) is 15.2 Å². The number of ketones is 1. The van der Waals surface area contributed by atoms with E-state index in [4.69, 9.17) is 0 Å². The molecule has 6 heteroatoms. The number of benzene rings is 1. The van der Waals surface area contributed by atoms with Gasteiger partial charge in [0.2, 0.25) is 0 Å². The van der Waals surface area contributed by atoms with Gasteiger partial charge >= 0.3 is 0 Å². The fourth-order valence-electron chi connectivity index (χ4n) is 2.57. The minimum atomic E-state index is -0.0327. The Morgan fingerprint density at radius 2 is 2.04 bits per heavy atom. The number of carbonyl (C=O) groups is 1. The topological polar surface area (TPSA) is 79.3 Å². The molecule has 128 valence electrons. The molecule has 1 aromatic carbocycles. The quantitative estimate of drug-likeness (QED) is 0.547. The van der Waals surface area contributed by atoms with Crippen LogP contribution in [0, 0.1) is 0 Å². The Bertz CT molecular complexity index is 957. The minimum absolute atomic E-state index is 0.00810. The van der Waals surface area contributed by atoms with Crippen molar-refractivity contribution in [3.63, 3.8) is 0 Å². The minimum Gasteiger partial charge on any atom is -0.392 e. The summed E-state index contributed by atoms with van der Waals surface area (Å²) in [6.45, 7) is 5.58. The van der Waals surface area contributed by atoms with Crippen LogP contribution >= 0.6 is 0 Å². The van der Waals surface area contributed by atoms with Crippen LogP contribution in [0.2, 0.25) is 0 Å². The highest BCUT2D eigenvalue weighted by Gasteiger charge is 2.15. The van der Waals surface area contributed by atoms with Crippen molar-refractivity contribution >= 4 is 22.9 Å². The first kappa shape index (κ1) is 17.0. The van der Waals surface area contributed by atoms with Gasteiger partial charge in [-0.15, -0.1) is 10.2 Å². The number of pyridine rings is 1. The normalized spacial score (nSPS) is 11.7. The Hall–Kier alpha value is -2.86. The molecule has 25 heavy (non-hydrogen) atoms. The third-order valence-electron chi connectivity index (χ3n) is 3.93. The second-order valence-electron chi connectivity index (χ2n) is 6.20. The van der Waals surface area contributed by atoms with Gasteiger partial charge in [-0.1, -0.05) is 26.0 Å². The van der Waals surface area contributed by atoms with E-state index in [1.165, 1.54) is 6.92 Å². The maximum atomic E-state index is 11.5. The van der Waals surface area contributed by atoms with Crippen LogP contribution in [0.3, 0.4) is 0 Å². The first-order valence-corrected chi connectivity index (χ1v) is 8.14. The molecule has 0 spiro atoms. The summed E-state index contributed by atoms with van der Waals surface area (Å²) in [4.78, 5) is 16.1. The van der Waals surface area contributed by atoms with Gasteiger partial charge in [0.1, 0.15) is 5.65 Å². The fraction of sp³-hybridized carbons (Fsp3) is 0.263. The van der Waals surface area contributed by atoms with Gasteiger partial charge in [-0.2, -0.15) is 0 Å². The number of aromatic nitrogens is 2. The molecule has 1 N–H and O–H groups in total. The van der Waals surface area contributed by atoms with Gasteiger partial charge in [0.25, 0.3) is 0 Å². The molecule has 0 bridgehead atoms. The molecular weight excluding hydrogens is 316 g/mol. The van der Waals surface area contributed by atoms with Crippen molar-refractivity contribution in [3.05, 3.63) is 59.4 Å². The van der Waals surface area contributed by atoms with E-state index in [0.717, 1.165) is 16.9 Å². The molecule has 0 amide bonds. The van der Waals surface area contributed by atoms with Crippen LogP contribution in [0.1, 0.15) is 48.3 Å². The first-order valence-electron chi connectivity index (χ1n) is 8.14. The number of fused-ring (bicyclic) bond motifs is 1. The summed E-state index contributed by atoms with van der Waals surface area (Å²) in [5.74, 6) is 0.823. The van der Waals surface area contributed by atoms with Crippen LogP contribution < -0.4 is 0 Å². The third kappa shape index (κ3) is 3.49. The molecule has 0 aliphatic heterocycles. The second-order valence-corrected chi connectivity index (χ2v) is 6.20. The number of azo groups is 1. The predicted molar refractivity (Wildman–Crippen MR) is 95.8 cm³/mol. The zero-order valence-electron chi connectivity index (χ0n) is 14.5. The van der Waals surface area contributed by atoms with Crippen LogP contribution in [-0.4, -0.2) is 20.3 Å². The van der Waals surface area contributed by atoms with Crippen LogP contribution in [0.5, 0.6) is 0 Å². The lowest BCUT2D eigenvalue weighted by atomic mass is 10.1. The number of hydrogen-bond donors (Lipinski definition) is 1. The number of aliphatic hydroxyl groups is 1. The zero-order valence-corrected chi connectivity index (χ0v) is 14.5. The van der Waals surface area contributed by atoms with Gasteiger partial charge in [-0.25, -0.2) is 4.98 Å². The van der Waals surface area contributed by atoms with Gasteiger partial charge < -0.3 is 5.11 Å². The smallest absolute Gasteiger partial charge is 0.183 e. The fourth-order valence-corrected chi connectivity index (χ4v) is 2.57. The summed E-state index contributed by atoms with van der Waals surface area (Å²) >= 11 is 0. The van der Waals surface area contributed by atoms with E-state index in [9.17, 15) is 9.90 Å². The molecule has 0 aliphatic rings. The molecule has 2 heterocycles. The number of rotatable bonds is 5.